The number of amides is 1. The highest BCUT2D eigenvalue weighted by Crippen LogP contribution is 2.28. The first-order valence-electron chi connectivity index (χ1n) is 9.19. The Morgan fingerprint density at radius 1 is 0.967 bits per heavy atom. The molecule has 0 aliphatic rings. The average Bonchev–Trinajstić information content (AvgIpc) is 2.75. The number of pyridine rings is 1. The maximum Gasteiger partial charge on any atom is 0.343 e. The number of aromatic nitrogens is 1. The molecule has 1 amide bonds. The van der Waals surface area contributed by atoms with Crippen molar-refractivity contribution in [2.75, 3.05) is 7.11 Å². The Balaban J connectivity index is 1.66. The quantitative estimate of drug-likeness (QED) is 0.293. The summed E-state index contributed by atoms with van der Waals surface area (Å²) in [5.41, 5.74) is 5.83. The minimum atomic E-state index is -0.478. The Morgan fingerprint density at radius 2 is 1.70 bits per heavy atom. The van der Waals surface area contributed by atoms with E-state index in [4.69, 9.17) is 9.47 Å². The van der Waals surface area contributed by atoms with Crippen LogP contribution >= 0.6 is 0 Å². The van der Waals surface area contributed by atoms with Crippen molar-refractivity contribution in [2.45, 2.75) is 13.8 Å². The smallest absolute Gasteiger partial charge is 0.343 e. The van der Waals surface area contributed by atoms with Crippen molar-refractivity contribution in [3.05, 3.63) is 88.7 Å². The summed E-state index contributed by atoms with van der Waals surface area (Å²) in [6.45, 7) is 3.79. The van der Waals surface area contributed by atoms with Crippen LogP contribution in [0.25, 0.3) is 0 Å². The number of rotatable bonds is 6. The first kappa shape index (κ1) is 20.7. The van der Waals surface area contributed by atoms with E-state index in [-0.39, 0.29) is 11.7 Å². The van der Waals surface area contributed by atoms with E-state index < -0.39 is 5.97 Å². The summed E-state index contributed by atoms with van der Waals surface area (Å²) in [6, 6.07) is 15.5. The molecule has 1 heterocycles. The predicted molar refractivity (Wildman–Crippen MR) is 113 cm³/mol. The zero-order chi connectivity index (χ0) is 21.5. The first-order valence-corrected chi connectivity index (χ1v) is 9.19. The van der Waals surface area contributed by atoms with Gasteiger partial charge in [0.1, 0.15) is 0 Å². The molecule has 0 bridgehead atoms. The van der Waals surface area contributed by atoms with Crippen LogP contribution in [0.5, 0.6) is 11.5 Å². The molecule has 0 saturated heterocycles. The molecule has 30 heavy (non-hydrogen) atoms. The Labute approximate surface area is 174 Å². The molecule has 0 aliphatic heterocycles. The topological polar surface area (TPSA) is 89.9 Å². The van der Waals surface area contributed by atoms with Gasteiger partial charge in [-0.1, -0.05) is 17.7 Å². The molecule has 0 radical (unpaired) electrons. The van der Waals surface area contributed by atoms with Gasteiger partial charge in [0, 0.05) is 11.9 Å². The minimum absolute atomic E-state index is 0.287. The van der Waals surface area contributed by atoms with Crippen LogP contribution in [-0.4, -0.2) is 30.2 Å². The van der Waals surface area contributed by atoms with Gasteiger partial charge in [-0.3, -0.25) is 9.78 Å². The third kappa shape index (κ3) is 5.29. The van der Waals surface area contributed by atoms with E-state index in [2.05, 4.69) is 15.5 Å². The van der Waals surface area contributed by atoms with E-state index in [1.165, 1.54) is 19.5 Å². The van der Waals surface area contributed by atoms with Gasteiger partial charge < -0.3 is 9.47 Å². The van der Waals surface area contributed by atoms with Crippen molar-refractivity contribution in [3.63, 3.8) is 0 Å². The number of hydrazone groups is 1. The van der Waals surface area contributed by atoms with Crippen molar-refractivity contribution in [1.82, 2.24) is 10.4 Å². The largest absolute Gasteiger partial charge is 0.493 e. The van der Waals surface area contributed by atoms with E-state index in [1.54, 1.807) is 42.5 Å². The molecular formula is C23H21N3O4. The Hall–Kier alpha value is -4.00. The molecule has 7 heteroatoms. The van der Waals surface area contributed by atoms with Crippen molar-refractivity contribution in [3.8, 4) is 11.5 Å². The van der Waals surface area contributed by atoms with Crippen LogP contribution in [0.1, 0.15) is 37.5 Å². The van der Waals surface area contributed by atoms with Crippen LogP contribution in [-0.2, 0) is 0 Å². The standard InChI is InChI=1S/C23H21N3O4/c1-15-4-8-18(9-5-15)23(28)30-20-11-7-17(12-21(20)29-3)13-25-26-22(27)19-10-6-16(2)24-14-19/h4-14H,1-3H3,(H,26,27)/b25-13+. The summed E-state index contributed by atoms with van der Waals surface area (Å²) >= 11 is 0. The zero-order valence-corrected chi connectivity index (χ0v) is 16.9. The number of carbonyl (C=O) groups excluding carboxylic acids is 2. The maximum atomic E-state index is 12.3. The van der Waals surface area contributed by atoms with Gasteiger partial charge in [0.2, 0.25) is 0 Å². The summed E-state index contributed by atoms with van der Waals surface area (Å²) in [4.78, 5) is 28.5. The lowest BCUT2D eigenvalue weighted by molar-refractivity contribution is 0.0729. The number of aryl methyl sites for hydroxylation is 2. The third-order valence-electron chi connectivity index (χ3n) is 4.23. The molecule has 0 atom stereocenters. The number of carbonyl (C=O) groups is 2. The number of hydrogen-bond donors (Lipinski definition) is 1. The molecular weight excluding hydrogens is 382 g/mol. The second-order valence-electron chi connectivity index (χ2n) is 6.55. The van der Waals surface area contributed by atoms with E-state index >= 15 is 0 Å². The highest BCUT2D eigenvalue weighted by atomic mass is 16.6. The fraction of sp³-hybridized carbons (Fsp3) is 0.130. The van der Waals surface area contributed by atoms with Crippen LogP contribution in [0.4, 0.5) is 0 Å². The van der Waals surface area contributed by atoms with Gasteiger partial charge in [-0.05, 0) is 61.9 Å². The number of nitrogens with one attached hydrogen (secondary N) is 1. The molecule has 7 nitrogen and oxygen atoms in total. The lowest BCUT2D eigenvalue weighted by Crippen LogP contribution is -2.17. The fourth-order valence-electron chi connectivity index (χ4n) is 2.53. The van der Waals surface area contributed by atoms with Crippen LogP contribution in [0.15, 0.2) is 65.9 Å². The predicted octanol–water partition coefficient (Wildman–Crippen LogP) is 3.69. The van der Waals surface area contributed by atoms with Crippen LogP contribution < -0.4 is 14.9 Å². The molecule has 0 fully saturated rings. The lowest BCUT2D eigenvalue weighted by atomic mass is 10.1. The number of benzene rings is 2. The Morgan fingerprint density at radius 3 is 2.37 bits per heavy atom. The maximum absolute atomic E-state index is 12.3. The number of nitrogens with zero attached hydrogens (tertiary/aromatic N) is 2. The minimum Gasteiger partial charge on any atom is -0.493 e. The van der Waals surface area contributed by atoms with Gasteiger partial charge in [0.15, 0.2) is 11.5 Å². The van der Waals surface area contributed by atoms with Crippen LogP contribution in [0.3, 0.4) is 0 Å². The van der Waals surface area contributed by atoms with Gasteiger partial charge in [-0.2, -0.15) is 5.10 Å². The van der Waals surface area contributed by atoms with Crippen molar-refractivity contribution in [1.29, 1.82) is 0 Å². The molecule has 0 aliphatic carbocycles. The molecule has 3 rings (SSSR count). The average molecular weight is 403 g/mol. The molecule has 3 aromatic rings. The monoisotopic (exact) mass is 403 g/mol. The van der Waals surface area contributed by atoms with Crippen molar-refractivity contribution >= 4 is 18.1 Å². The first-order chi connectivity index (χ1) is 14.5. The lowest BCUT2D eigenvalue weighted by Gasteiger charge is -2.10. The normalized spacial score (nSPS) is 10.6. The van der Waals surface area contributed by atoms with E-state index in [1.807, 2.05) is 26.0 Å². The summed E-state index contributed by atoms with van der Waals surface area (Å²) < 4.78 is 10.8. The van der Waals surface area contributed by atoms with Crippen LogP contribution in [0, 0.1) is 13.8 Å². The Bertz CT molecular complexity index is 1070. The molecule has 0 unspecified atom stereocenters. The molecule has 0 saturated carbocycles. The highest BCUT2D eigenvalue weighted by Gasteiger charge is 2.13. The SMILES string of the molecule is COc1cc(/C=N/NC(=O)c2ccc(C)nc2)ccc1OC(=O)c1ccc(C)cc1. The van der Waals surface area contributed by atoms with E-state index in [0.29, 0.717) is 22.4 Å². The van der Waals surface area contributed by atoms with Crippen molar-refractivity contribution in [2.24, 2.45) is 5.10 Å². The second kappa shape index (κ2) is 9.47. The molecule has 1 N–H and O–H groups in total. The van der Waals surface area contributed by atoms with Crippen molar-refractivity contribution < 1.29 is 19.1 Å². The summed E-state index contributed by atoms with van der Waals surface area (Å²) in [5.74, 6) is -0.188. The molecule has 152 valence electrons. The van der Waals surface area contributed by atoms with E-state index in [9.17, 15) is 9.59 Å². The van der Waals surface area contributed by atoms with Gasteiger partial charge in [0.25, 0.3) is 5.91 Å². The number of esters is 1. The van der Waals surface area contributed by atoms with E-state index in [0.717, 1.165) is 11.3 Å². The Kier molecular flexibility index (Phi) is 6.54. The molecule has 0 spiro atoms. The number of hydrogen-bond acceptors (Lipinski definition) is 6. The van der Waals surface area contributed by atoms with Gasteiger partial charge >= 0.3 is 5.97 Å². The summed E-state index contributed by atoms with van der Waals surface area (Å²) in [5, 5.41) is 3.95. The summed E-state index contributed by atoms with van der Waals surface area (Å²) in [7, 11) is 1.48. The zero-order valence-electron chi connectivity index (χ0n) is 16.9. The van der Waals surface area contributed by atoms with Gasteiger partial charge in [-0.15, -0.1) is 0 Å². The fourth-order valence-corrected chi connectivity index (χ4v) is 2.53. The highest BCUT2D eigenvalue weighted by molar-refractivity contribution is 5.94. The van der Waals surface area contributed by atoms with Gasteiger partial charge in [-0.25, -0.2) is 10.2 Å². The number of methoxy groups -OCH3 is 1. The molecule has 2 aromatic carbocycles. The second-order valence-corrected chi connectivity index (χ2v) is 6.55. The number of ether oxygens (including phenoxy) is 2. The summed E-state index contributed by atoms with van der Waals surface area (Å²) in [6.07, 6.45) is 2.95. The third-order valence-corrected chi connectivity index (χ3v) is 4.23. The molecule has 1 aromatic heterocycles. The van der Waals surface area contributed by atoms with Crippen LogP contribution in [0.2, 0.25) is 0 Å². The van der Waals surface area contributed by atoms with Gasteiger partial charge in [0.05, 0.1) is 24.5 Å².